The van der Waals surface area contributed by atoms with Crippen LogP contribution in [-0.4, -0.2) is 11.7 Å². The molecular formula is C9H13FN2O. The zero-order valence-electron chi connectivity index (χ0n) is 7.20. The van der Waals surface area contributed by atoms with Crippen molar-refractivity contribution in [2.45, 2.75) is 12.6 Å². The van der Waals surface area contributed by atoms with Crippen LogP contribution in [0.5, 0.6) is 0 Å². The monoisotopic (exact) mass is 184 g/mol. The van der Waals surface area contributed by atoms with Crippen molar-refractivity contribution in [1.29, 1.82) is 0 Å². The minimum atomic E-state index is -0.441. The van der Waals surface area contributed by atoms with Crippen LogP contribution in [-0.2, 0) is 6.61 Å². The maximum absolute atomic E-state index is 13.1. The number of rotatable bonds is 3. The van der Waals surface area contributed by atoms with Gasteiger partial charge in [-0.05, 0) is 11.6 Å². The third kappa shape index (κ3) is 2.24. The molecule has 0 spiro atoms. The van der Waals surface area contributed by atoms with E-state index in [1.807, 2.05) is 0 Å². The van der Waals surface area contributed by atoms with Gasteiger partial charge in [-0.15, -0.1) is 0 Å². The predicted molar refractivity (Wildman–Crippen MR) is 48.3 cm³/mol. The van der Waals surface area contributed by atoms with Crippen molar-refractivity contribution in [3.63, 3.8) is 0 Å². The molecule has 0 unspecified atom stereocenters. The molecule has 0 aliphatic rings. The standard InChI is InChI=1S/C9H13FN2O/c10-8-3-6(9(12)4-11)1-2-7(8)5-13/h1-3,9,13H,4-5,11-12H2/t9-/m1/s1. The van der Waals surface area contributed by atoms with Crippen molar-refractivity contribution in [2.75, 3.05) is 6.54 Å². The fourth-order valence-corrected chi connectivity index (χ4v) is 1.06. The molecule has 0 saturated carbocycles. The molecule has 0 saturated heterocycles. The Morgan fingerprint density at radius 3 is 2.62 bits per heavy atom. The van der Waals surface area contributed by atoms with Gasteiger partial charge in [0.15, 0.2) is 0 Å². The number of nitrogens with two attached hydrogens (primary N) is 2. The molecule has 5 N–H and O–H groups in total. The zero-order valence-corrected chi connectivity index (χ0v) is 7.20. The molecule has 0 amide bonds. The lowest BCUT2D eigenvalue weighted by Gasteiger charge is -2.09. The second kappa shape index (κ2) is 4.32. The van der Waals surface area contributed by atoms with Crippen molar-refractivity contribution in [3.8, 4) is 0 Å². The lowest BCUT2D eigenvalue weighted by Crippen LogP contribution is -2.20. The molecule has 72 valence electrons. The fourth-order valence-electron chi connectivity index (χ4n) is 1.06. The summed E-state index contributed by atoms with van der Waals surface area (Å²) in [7, 11) is 0. The van der Waals surface area contributed by atoms with Crippen molar-refractivity contribution in [1.82, 2.24) is 0 Å². The van der Waals surface area contributed by atoms with Gasteiger partial charge in [0, 0.05) is 18.2 Å². The van der Waals surface area contributed by atoms with Crippen LogP contribution >= 0.6 is 0 Å². The molecule has 0 aromatic heterocycles. The minimum Gasteiger partial charge on any atom is -0.392 e. The van der Waals surface area contributed by atoms with Crippen molar-refractivity contribution >= 4 is 0 Å². The van der Waals surface area contributed by atoms with E-state index >= 15 is 0 Å². The molecule has 1 aromatic rings. The van der Waals surface area contributed by atoms with E-state index in [0.29, 0.717) is 5.56 Å². The van der Waals surface area contributed by atoms with Gasteiger partial charge in [-0.1, -0.05) is 12.1 Å². The van der Waals surface area contributed by atoms with Gasteiger partial charge in [0.1, 0.15) is 5.82 Å². The predicted octanol–water partition coefficient (Wildman–Crippen LogP) is 0.276. The molecule has 0 heterocycles. The minimum absolute atomic E-state index is 0.271. The summed E-state index contributed by atoms with van der Waals surface area (Å²) in [5.74, 6) is -0.441. The summed E-state index contributed by atoms with van der Waals surface area (Å²) in [5.41, 5.74) is 11.8. The first-order chi connectivity index (χ1) is 6.19. The number of hydrogen-bond acceptors (Lipinski definition) is 3. The highest BCUT2D eigenvalue weighted by atomic mass is 19.1. The summed E-state index contributed by atoms with van der Waals surface area (Å²) in [4.78, 5) is 0. The number of hydrogen-bond donors (Lipinski definition) is 3. The van der Waals surface area contributed by atoms with Gasteiger partial charge >= 0.3 is 0 Å². The smallest absolute Gasteiger partial charge is 0.129 e. The molecule has 0 fully saturated rings. The number of aliphatic hydroxyl groups is 1. The largest absolute Gasteiger partial charge is 0.392 e. The van der Waals surface area contributed by atoms with Crippen molar-refractivity contribution in [2.24, 2.45) is 11.5 Å². The van der Waals surface area contributed by atoms with Crippen molar-refractivity contribution < 1.29 is 9.50 Å². The Kier molecular flexibility index (Phi) is 3.36. The Balaban J connectivity index is 2.95. The highest BCUT2D eigenvalue weighted by Crippen LogP contribution is 2.14. The van der Waals surface area contributed by atoms with Crippen LogP contribution in [0.4, 0.5) is 4.39 Å². The number of aliphatic hydroxyl groups excluding tert-OH is 1. The first-order valence-corrected chi connectivity index (χ1v) is 4.04. The van der Waals surface area contributed by atoms with Crippen molar-refractivity contribution in [3.05, 3.63) is 35.1 Å². The molecule has 1 rings (SSSR count). The van der Waals surface area contributed by atoms with Gasteiger partial charge in [-0.25, -0.2) is 4.39 Å². The van der Waals surface area contributed by atoms with Crippen LogP contribution in [0.3, 0.4) is 0 Å². The second-order valence-corrected chi connectivity index (χ2v) is 2.85. The Bertz CT molecular complexity index is 291. The summed E-state index contributed by atoms with van der Waals surface area (Å²) in [6, 6.07) is 4.15. The normalized spacial score (nSPS) is 12.9. The van der Waals surface area contributed by atoms with E-state index < -0.39 is 5.82 Å². The molecule has 0 aliphatic carbocycles. The van der Waals surface area contributed by atoms with Gasteiger partial charge in [0.05, 0.1) is 6.61 Å². The first-order valence-electron chi connectivity index (χ1n) is 4.04. The average molecular weight is 184 g/mol. The van der Waals surface area contributed by atoms with Gasteiger partial charge in [0.2, 0.25) is 0 Å². The molecule has 1 atom stereocenters. The number of halogens is 1. The highest BCUT2D eigenvalue weighted by molar-refractivity contribution is 5.26. The Labute approximate surface area is 76.2 Å². The van der Waals surface area contributed by atoms with E-state index in [9.17, 15) is 4.39 Å². The van der Waals surface area contributed by atoms with Gasteiger partial charge in [0.25, 0.3) is 0 Å². The quantitative estimate of drug-likeness (QED) is 0.631. The Hall–Kier alpha value is -0.970. The molecule has 4 heteroatoms. The van der Waals surface area contributed by atoms with Crippen LogP contribution in [0.1, 0.15) is 17.2 Å². The van der Waals surface area contributed by atoms with Crippen LogP contribution < -0.4 is 11.5 Å². The van der Waals surface area contributed by atoms with E-state index in [0.717, 1.165) is 0 Å². The third-order valence-electron chi connectivity index (χ3n) is 1.93. The lowest BCUT2D eigenvalue weighted by molar-refractivity contribution is 0.275. The summed E-state index contributed by atoms with van der Waals surface area (Å²) < 4.78 is 13.1. The average Bonchev–Trinajstić information content (AvgIpc) is 2.16. The lowest BCUT2D eigenvalue weighted by atomic mass is 10.1. The van der Waals surface area contributed by atoms with E-state index in [2.05, 4.69) is 0 Å². The maximum Gasteiger partial charge on any atom is 0.129 e. The molecule has 0 radical (unpaired) electrons. The third-order valence-corrected chi connectivity index (χ3v) is 1.93. The molecule has 0 aliphatic heterocycles. The zero-order chi connectivity index (χ0) is 9.84. The van der Waals surface area contributed by atoms with Crippen LogP contribution in [0.2, 0.25) is 0 Å². The maximum atomic E-state index is 13.1. The van der Waals surface area contributed by atoms with E-state index in [4.69, 9.17) is 16.6 Å². The molecule has 13 heavy (non-hydrogen) atoms. The van der Waals surface area contributed by atoms with Crippen LogP contribution in [0.15, 0.2) is 18.2 Å². The summed E-state index contributed by atoms with van der Waals surface area (Å²) in [6.07, 6.45) is 0. The molecule has 0 bridgehead atoms. The van der Waals surface area contributed by atoms with Crippen LogP contribution in [0.25, 0.3) is 0 Å². The highest BCUT2D eigenvalue weighted by Gasteiger charge is 2.07. The van der Waals surface area contributed by atoms with E-state index in [1.54, 1.807) is 6.07 Å². The molecule has 1 aromatic carbocycles. The second-order valence-electron chi connectivity index (χ2n) is 2.85. The topological polar surface area (TPSA) is 72.3 Å². The Morgan fingerprint density at radius 1 is 1.46 bits per heavy atom. The molecule has 3 nitrogen and oxygen atoms in total. The molecular weight excluding hydrogens is 171 g/mol. The Morgan fingerprint density at radius 2 is 2.15 bits per heavy atom. The summed E-state index contributed by atoms with van der Waals surface area (Å²) in [6.45, 7) is -0.0259. The van der Waals surface area contributed by atoms with E-state index in [1.165, 1.54) is 12.1 Å². The van der Waals surface area contributed by atoms with E-state index in [-0.39, 0.29) is 24.8 Å². The van der Waals surface area contributed by atoms with Crippen LogP contribution in [0, 0.1) is 5.82 Å². The fraction of sp³-hybridized carbons (Fsp3) is 0.333. The summed E-state index contributed by atoms with van der Waals surface area (Å²) in [5, 5.41) is 8.71. The summed E-state index contributed by atoms with van der Waals surface area (Å²) >= 11 is 0. The van der Waals surface area contributed by atoms with Gasteiger partial charge < -0.3 is 16.6 Å². The van der Waals surface area contributed by atoms with Gasteiger partial charge in [-0.2, -0.15) is 0 Å². The number of benzene rings is 1. The SMILES string of the molecule is NC[C@@H](N)c1ccc(CO)c(F)c1. The van der Waals surface area contributed by atoms with Gasteiger partial charge in [-0.3, -0.25) is 0 Å². The first kappa shape index (κ1) is 10.1.